The standard InChI is InChI=1S/C22H24N2OS/c1-14-11-15(25-2)12-18-17(8-5-6-10-23)22(24-21(14)18)19-13-26-20-9-4-3-7-16(19)20/h3-4,7,9,11-13,24H,5-6,8,10,23H2,1-2H3. The van der Waals surface area contributed by atoms with Crippen molar-refractivity contribution >= 4 is 32.3 Å². The average Bonchev–Trinajstić information content (AvgIpc) is 3.23. The molecule has 134 valence electrons. The van der Waals surface area contributed by atoms with Crippen LogP contribution in [0, 0.1) is 6.92 Å². The molecular formula is C22H24N2OS. The van der Waals surface area contributed by atoms with Crippen molar-refractivity contribution in [2.45, 2.75) is 26.2 Å². The Hall–Kier alpha value is -2.30. The first-order chi connectivity index (χ1) is 12.7. The maximum absolute atomic E-state index is 5.73. The van der Waals surface area contributed by atoms with Crippen molar-refractivity contribution in [1.82, 2.24) is 4.98 Å². The number of aromatic nitrogens is 1. The van der Waals surface area contributed by atoms with Gasteiger partial charge in [0.25, 0.3) is 0 Å². The molecule has 0 aliphatic heterocycles. The van der Waals surface area contributed by atoms with Crippen molar-refractivity contribution in [3.05, 3.63) is 52.9 Å². The number of hydrogen-bond donors (Lipinski definition) is 2. The summed E-state index contributed by atoms with van der Waals surface area (Å²) in [5.74, 6) is 0.913. The van der Waals surface area contributed by atoms with Gasteiger partial charge < -0.3 is 15.5 Å². The molecule has 0 spiro atoms. The van der Waals surface area contributed by atoms with Gasteiger partial charge >= 0.3 is 0 Å². The van der Waals surface area contributed by atoms with E-state index in [9.17, 15) is 0 Å². The van der Waals surface area contributed by atoms with E-state index >= 15 is 0 Å². The molecule has 0 amide bonds. The number of H-pyrrole nitrogens is 1. The maximum atomic E-state index is 5.73. The Morgan fingerprint density at radius 3 is 2.77 bits per heavy atom. The summed E-state index contributed by atoms with van der Waals surface area (Å²) in [5, 5.41) is 4.85. The molecule has 0 aliphatic carbocycles. The molecule has 4 aromatic rings. The summed E-state index contributed by atoms with van der Waals surface area (Å²) in [6.45, 7) is 2.88. The number of hydrogen-bond acceptors (Lipinski definition) is 3. The molecule has 4 heteroatoms. The number of aryl methyl sites for hydroxylation is 2. The van der Waals surface area contributed by atoms with Crippen LogP contribution in [-0.2, 0) is 6.42 Å². The van der Waals surface area contributed by atoms with Crippen molar-refractivity contribution in [2.24, 2.45) is 5.73 Å². The normalized spacial score (nSPS) is 11.5. The molecule has 3 N–H and O–H groups in total. The van der Waals surface area contributed by atoms with Crippen LogP contribution in [0.1, 0.15) is 24.0 Å². The smallest absolute Gasteiger partial charge is 0.119 e. The van der Waals surface area contributed by atoms with E-state index in [-0.39, 0.29) is 0 Å². The summed E-state index contributed by atoms with van der Waals surface area (Å²) < 4.78 is 6.84. The first-order valence-corrected chi connectivity index (χ1v) is 9.96. The number of rotatable bonds is 6. The van der Waals surface area contributed by atoms with Gasteiger partial charge in [0.1, 0.15) is 5.75 Å². The zero-order valence-corrected chi connectivity index (χ0v) is 16.1. The van der Waals surface area contributed by atoms with Crippen LogP contribution in [0.5, 0.6) is 5.75 Å². The summed E-state index contributed by atoms with van der Waals surface area (Å²) in [6, 6.07) is 12.9. The number of benzene rings is 2. The second-order valence-corrected chi connectivity index (χ2v) is 7.65. The van der Waals surface area contributed by atoms with E-state index in [1.54, 1.807) is 18.4 Å². The molecular weight excluding hydrogens is 340 g/mol. The van der Waals surface area contributed by atoms with Gasteiger partial charge in [-0.2, -0.15) is 0 Å². The number of methoxy groups -OCH3 is 1. The van der Waals surface area contributed by atoms with Crippen molar-refractivity contribution in [3.63, 3.8) is 0 Å². The first kappa shape index (κ1) is 17.1. The second-order valence-electron chi connectivity index (χ2n) is 6.74. The Morgan fingerprint density at radius 1 is 1.12 bits per heavy atom. The fraction of sp³-hybridized carbons (Fsp3) is 0.273. The summed E-state index contributed by atoms with van der Waals surface area (Å²) in [6.07, 6.45) is 3.15. The van der Waals surface area contributed by atoms with Gasteiger partial charge in [0.05, 0.1) is 12.8 Å². The third-order valence-electron chi connectivity index (χ3n) is 5.05. The third kappa shape index (κ3) is 2.89. The molecule has 0 bridgehead atoms. The topological polar surface area (TPSA) is 51.0 Å². The van der Waals surface area contributed by atoms with E-state index < -0.39 is 0 Å². The largest absolute Gasteiger partial charge is 0.497 e. The first-order valence-electron chi connectivity index (χ1n) is 9.08. The minimum atomic E-state index is 0.738. The minimum absolute atomic E-state index is 0.738. The summed E-state index contributed by atoms with van der Waals surface area (Å²) in [7, 11) is 1.73. The lowest BCUT2D eigenvalue weighted by atomic mass is 9.99. The van der Waals surface area contributed by atoms with Gasteiger partial charge in [-0.05, 0) is 62.1 Å². The molecule has 26 heavy (non-hydrogen) atoms. The van der Waals surface area contributed by atoms with Crippen molar-refractivity contribution in [2.75, 3.05) is 13.7 Å². The van der Waals surface area contributed by atoms with Gasteiger partial charge in [-0.3, -0.25) is 0 Å². The highest BCUT2D eigenvalue weighted by Gasteiger charge is 2.18. The highest BCUT2D eigenvalue weighted by molar-refractivity contribution is 7.17. The molecule has 0 saturated carbocycles. The lowest BCUT2D eigenvalue weighted by Gasteiger charge is -2.06. The molecule has 2 aromatic heterocycles. The monoisotopic (exact) mass is 364 g/mol. The predicted molar refractivity (Wildman–Crippen MR) is 112 cm³/mol. The van der Waals surface area contributed by atoms with E-state index in [1.807, 2.05) is 0 Å². The second kappa shape index (κ2) is 7.14. The van der Waals surface area contributed by atoms with Crippen LogP contribution < -0.4 is 10.5 Å². The van der Waals surface area contributed by atoms with Crippen LogP contribution in [0.15, 0.2) is 41.8 Å². The van der Waals surface area contributed by atoms with Crippen molar-refractivity contribution < 1.29 is 4.74 Å². The Labute approximate surface area is 157 Å². The van der Waals surface area contributed by atoms with Crippen LogP contribution in [-0.4, -0.2) is 18.6 Å². The Kier molecular flexibility index (Phi) is 4.70. The zero-order valence-electron chi connectivity index (χ0n) is 15.3. The quantitative estimate of drug-likeness (QED) is 0.434. The molecule has 0 saturated heterocycles. The fourth-order valence-corrected chi connectivity index (χ4v) is 4.67. The van der Waals surface area contributed by atoms with Crippen LogP contribution >= 0.6 is 11.3 Å². The van der Waals surface area contributed by atoms with Crippen LogP contribution in [0.25, 0.3) is 32.2 Å². The van der Waals surface area contributed by atoms with E-state index in [1.165, 1.54) is 43.4 Å². The van der Waals surface area contributed by atoms with E-state index in [0.29, 0.717) is 0 Å². The average molecular weight is 365 g/mol. The number of unbranched alkanes of at least 4 members (excludes halogenated alkanes) is 1. The van der Waals surface area contributed by atoms with Gasteiger partial charge in [-0.1, -0.05) is 18.2 Å². The number of ether oxygens (including phenoxy) is 1. The minimum Gasteiger partial charge on any atom is -0.497 e. The Balaban J connectivity index is 1.95. The van der Waals surface area contributed by atoms with Crippen molar-refractivity contribution in [3.8, 4) is 17.0 Å². The van der Waals surface area contributed by atoms with Gasteiger partial charge in [0.15, 0.2) is 0 Å². The fourth-order valence-electron chi connectivity index (χ4n) is 3.72. The lowest BCUT2D eigenvalue weighted by Crippen LogP contribution is -1.99. The SMILES string of the molecule is COc1cc(C)c2[nH]c(-c3csc4ccccc34)c(CCCCN)c2c1. The van der Waals surface area contributed by atoms with Crippen LogP contribution in [0.3, 0.4) is 0 Å². The molecule has 2 aromatic carbocycles. The maximum Gasteiger partial charge on any atom is 0.119 e. The Morgan fingerprint density at radius 2 is 1.96 bits per heavy atom. The van der Waals surface area contributed by atoms with Gasteiger partial charge in [-0.25, -0.2) is 0 Å². The number of nitrogens with one attached hydrogen (secondary N) is 1. The van der Waals surface area contributed by atoms with Gasteiger partial charge in [0.2, 0.25) is 0 Å². The zero-order chi connectivity index (χ0) is 18.1. The number of fused-ring (bicyclic) bond motifs is 2. The molecule has 0 unspecified atom stereocenters. The number of nitrogens with two attached hydrogens (primary N) is 1. The summed E-state index contributed by atoms with van der Waals surface area (Å²) >= 11 is 1.80. The predicted octanol–water partition coefficient (Wildman–Crippen LogP) is 5.65. The van der Waals surface area contributed by atoms with Gasteiger partial charge in [0, 0.05) is 31.9 Å². The third-order valence-corrected chi connectivity index (χ3v) is 6.02. The molecule has 0 aliphatic rings. The van der Waals surface area contributed by atoms with Crippen molar-refractivity contribution in [1.29, 1.82) is 0 Å². The number of aromatic amines is 1. The van der Waals surface area contributed by atoms with E-state index in [2.05, 4.69) is 53.7 Å². The molecule has 0 atom stereocenters. The molecule has 3 nitrogen and oxygen atoms in total. The summed E-state index contributed by atoms with van der Waals surface area (Å²) in [5.41, 5.74) is 12.1. The Bertz CT molecular complexity index is 1060. The highest BCUT2D eigenvalue weighted by Crippen LogP contribution is 2.40. The van der Waals surface area contributed by atoms with E-state index in [4.69, 9.17) is 10.5 Å². The molecule has 0 fully saturated rings. The van der Waals surface area contributed by atoms with Gasteiger partial charge in [-0.15, -0.1) is 11.3 Å². The van der Waals surface area contributed by atoms with Crippen LogP contribution in [0.4, 0.5) is 0 Å². The molecule has 2 heterocycles. The number of thiophene rings is 1. The highest BCUT2D eigenvalue weighted by atomic mass is 32.1. The summed E-state index contributed by atoms with van der Waals surface area (Å²) in [4.78, 5) is 3.73. The van der Waals surface area contributed by atoms with Crippen LogP contribution in [0.2, 0.25) is 0 Å². The molecule has 4 rings (SSSR count). The lowest BCUT2D eigenvalue weighted by molar-refractivity contribution is 0.415. The van der Waals surface area contributed by atoms with E-state index in [0.717, 1.165) is 31.6 Å². The molecule has 0 radical (unpaired) electrons.